The summed E-state index contributed by atoms with van der Waals surface area (Å²) in [4.78, 5) is 18.0. The number of nitrogens with two attached hydrogens (primary N) is 1. The molecule has 1 saturated heterocycles. The van der Waals surface area contributed by atoms with E-state index in [0.29, 0.717) is 31.3 Å². The van der Waals surface area contributed by atoms with Gasteiger partial charge in [-0.3, -0.25) is 0 Å². The molecular formula is C13H15N3O3. The van der Waals surface area contributed by atoms with E-state index >= 15 is 0 Å². The number of rotatable bonds is 1. The first-order valence-corrected chi connectivity index (χ1v) is 6.11. The van der Waals surface area contributed by atoms with E-state index in [4.69, 9.17) is 15.2 Å². The lowest BCUT2D eigenvalue weighted by Gasteiger charge is -2.39. The molecule has 2 heterocycles. The van der Waals surface area contributed by atoms with Crippen LogP contribution in [-0.2, 0) is 9.47 Å². The Hall–Kier alpha value is -2.08. The Morgan fingerprint density at radius 1 is 1.58 bits per heavy atom. The second-order valence-electron chi connectivity index (χ2n) is 4.52. The minimum Gasteiger partial charge on any atom is -0.465 e. The molecule has 0 aromatic heterocycles. The van der Waals surface area contributed by atoms with Gasteiger partial charge in [-0.25, -0.2) is 9.79 Å². The number of methoxy groups -OCH3 is 1. The van der Waals surface area contributed by atoms with Crippen molar-refractivity contribution in [3.8, 4) is 0 Å². The second-order valence-corrected chi connectivity index (χ2v) is 4.52. The monoisotopic (exact) mass is 261 g/mol. The van der Waals surface area contributed by atoms with Gasteiger partial charge in [0.1, 0.15) is 0 Å². The number of morpholine rings is 1. The van der Waals surface area contributed by atoms with E-state index < -0.39 is 0 Å². The van der Waals surface area contributed by atoms with Crippen molar-refractivity contribution in [2.45, 2.75) is 6.04 Å². The topological polar surface area (TPSA) is 77.2 Å². The second kappa shape index (κ2) is 4.55. The zero-order valence-electron chi connectivity index (χ0n) is 10.6. The molecule has 19 heavy (non-hydrogen) atoms. The van der Waals surface area contributed by atoms with Crippen LogP contribution in [0.1, 0.15) is 22.0 Å². The molecule has 0 aliphatic carbocycles. The fourth-order valence-electron chi connectivity index (χ4n) is 2.49. The minimum atomic E-state index is -0.353. The third-order valence-electron chi connectivity index (χ3n) is 3.47. The summed E-state index contributed by atoms with van der Waals surface area (Å²) in [6, 6.07) is 5.32. The van der Waals surface area contributed by atoms with Crippen molar-refractivity contribution in [2.75, 3.05) is 26.9 Å². The van der Waals surface area contributed by atoms with E-state index in [1.54, 1.807) is 12.1 Å². The van der Waals surface area contributed by atoms with Crippen LogP contribution in [0.2, 0.25) is 0 Å². The van der Waals surface area contributed by atoms with Crippen LogP contribution >= 0.6 is 0 Å². The maximum atomic E-state index is 11.6. The average molecular weight is 261 g/mol. The van der Waals surface area contributed by atoms with Gasteiger partial charge in [-0.15, -0.1) is 0 Å². The van der Waals surface area contributed by atoms with Crippen molar-refractivity contribution in [3.05, 3.63) is 29.3 Å². The van der Waals surface area contributed by atoms with E-state index in [0.717, 1.165) is 11.3 Å². The zero-order valence-corrected chi connectivity index (χ0v) is 10.6. The number of ether oxygens (including phenoxy) is 2. The van der Waals surface area contributed by atoms with E-state index in [1.807, 2.05) is 11.0 Å². The molecule has 1 aromatic carbocycles. The molecule has 2 N–H and O–H groups in total. The molecule has 0 radical (unpaired) electrons. The van der Waals surface area contributed by atoms with Gasteiger partial charge in [-0.1, -0.05) is 0 Å². The Labute approximate surface area is 110 Å². The van der Waals surface area contributed by atoms with Gasteiger partial charge in [-0.2, -0.15) is 0 Å². The third kappa shape index (κ3) is 1.94. The first-order chi connectivity index (χ1) is 9.20. The summed E-state index contributed by atoms with van der Waals surface area (Å²) in [6.07, 6.45) is 0. The molecule has 1 atom stereocenters. The van der Waals surface area contributed by atoms with Gasteiger partial charge >= 0.3 is 5.97 Å². The Morgan fingerprint density at radius 2 is 2.42 bits per heavy atom. The summed E-state index contributed by atoms with van der Waals surface area (Å²) in [6.45, 7) is 1.90. The van der Waals surface area contributed by atoms with Gasteiger partial charge in [0.2, 0.25) is 0 Å². The van der Waals surface area contributed by atoms with Crippen LogP contribution in [0.15, 0.2) is 23.2 Å². The first kappa shape index (κ1) is 12.0. The van der Waals surface area contributed by atoms with Crippen LogP contribution in [0.3, 0.4) is 0 Å². The third-order valence-corrected chi connectivity index (χ3v) is 3.47. The number of carbonyl (C=O) groups excluding carboxylic acids is 1. The number of aliphatic imine (C=N–C) groups is 1. The highest BCUT2D eigenvalue weighted by Gasteiger charge is 2.32. The zero-order chi connectivity index (χ0) is 13.4. The van der Waals surface area contributed by atoms with Crippen molar-refractivity contribution in [1.82, 2.24) is 4.90 Å². The fourth-order valence-corrected chi connectivity index (χ4v) is 2.49. The van der Waals surface area contributed by atoms with Crippen molar-refractivity contribution >= 4 is 17.6 Å². The largest absolute Gasteiger partial charge is 0.465 e. The number of guanidine groups is 1. The molecule has 6 nitrogen and oxygen atoms in total. The maximum absolute atomic E-state index is 11.6. The quantitative estimate of drug-likeness (QED) is 0.757. The molecule has 0 spiro atoms. The van der Waals surface area contributed by atoms with Gasteiger partial charge in [-0.05, 0) is 18.2 Å². The summed E-state index contributed by atoms with van der Waals surface area (Å²) in [7, 11) is 1.37. The van der Waals surface area contributed by atoms with E-state index in [-0.39, 0.29) is 12.0 Å². The van der Waals surface area contributed by atoms with Gasteiger partial charge in [0.05, 0.1) is 37.6 Å². The van der Waals surface area contributed by atoms with Crippen LogP contribution in [0, 0.1) is 0 Å². The van der Waals surface area contributed by atoms with Gasteiger partial charge < -0.3 is 20.1 Å². The lowest BCUT2D eigenvalue weighted by molar-refractivity contribution is 0.0241. The molecule has 0 unspecified atom stereocenters. The highest BCUT2D eigenvalue weighted by Crippen LogP contribution is 2.36. The Bertz CT molecular complexity index is 556. The van der Waals surface area contributed by atoms with Crippen molar-refractivity contribution in [1.29, 1.82) is 0 Å². The normalized spacial score (nSPS) is 21.2. The molecule has 3 rings (SSSR count). The predicted molar refractivity (Wildman–Crippen MR) is 69.3 cm³/mol. The van der Waals surface area contributed by atoms with Gasteiger partial charge in [0, 0.05) is 12.1 Å². The van der Waals surface area contributed by atoms with Crippen molar-refractivity contribution in [2.24, 2.45) is 10.7 Å². The average Bonchev–Trinajstić information content (AvgIpc) is 2.46. The Balaban J connectivity index is 2.06. The lowest BCUT2D eigenvalue weighted by atomic mass is 9.98. The molecule has 100 valence electrons. The SMILES string of the molecule is COC(=O)c1ccc2c(c1)[C@H]1COCCN1C(N)=N2. The summed E-state index contributed by atoms with van der Waals surface area (Å²) in [5.41, 5.74) is 8.22. The summed E-state index contributed by atoms with van der Waals surface area (Å²) < 4.78 is 10.2. The number of esters is 1. The molecule has 1 aromatic rings. The van der Waals surface area contributed by atoms with Crippen molar-refractivity contribution in [3.63, 3.8) is 0 Å². The Kier molecular flexibility index (Phi) is 2.87. The molecule has 0 bridgehead atoms. The van der Waals surface area contributed by atoms with Crippen LogP contribution in [0.5, 0.6) is 0 Å². The number of benzene rings is 1. The molecule has 0 saturated carbocycles. The molecule has 6 heteroatoms. The Morgan fingerprint density at radius 3 is 3.21 bits per heavy atom. The fraction of sp³-hybridized carbons (Fsp3) is 0.385. The lowest BCUT2D eigenvalue weighted by Crippen LogP contribution is -2.48. The molecule has 2 aliphatic heterocycles. The highest BCUT2D eigenvalue weighted by atomic mass is 16.5. The highest BCUT2D eigenvalue weighted by molar-refractivity contribution is 5.91. The number of fused-ring (bicyclic) bond motifs is 3. The molecule has 1 fully saturated rings. The van der Waals surface area contributed by atoms with E-state index in [9.17, 15) is 4.79 Å². The summed E-state index contributed by atoms with van der Waals surface area (Å²) in [5.74, 6) is 0.153. The number of hydrogen-bond donors (Lipinski definition) is 1. The predicted octanol–water partition coefficient (Wildman–Crippen LogP) is 0.806. The van der Waals surface area contributed by atoms with Gasteiger partial charge in [0.25, 0.3) is 0 Å². The number of hydrogen-bond acceptors (Lipinski definition) is 6. The number of nitrogens with zero attached hydrogens (tertiary/aromatic N) is 2. The minimum absolute atomic E-state index is 0.0193. The summed E-state index contributed by atoms with van der Waals surface area (Å²) >= 11 is 0. The van der Waals surface area contributed by atoms with Crippen LogP contribution in [-0.4, -0.2) is 43.7 Å². The molecular weight excluding hydrogens is 246 g/mol. The first-order valence-electron chi connectivity index (χ1n) is 6.11. The summed E-state index contributed by atoms with van der Waals surface area (Å²) in [5, 5.41) is 0. The van der Waals surface area contributed by atoms with Gasteiger partial charge in [0.15, 0.2) is 5.96 Å². The maximum Gasteiger partial charge on any atom is 0.337 e. The number of carbonyl (C=O) groups is 1. The smallest absolute Gasteiger partial charge is 0.337 e. The van der Waals surface area contributed by atoms with Crippen molar-refractivity contribution < 1.29 is 14.3 Å². The standard InChI is InChI=1S/C13H15N3O3/c1-18-12(17)8-2-3-10-9(6-8)11-7-19-5-4-16(11)13(14)15-10/h2-3,6,11H,4-5,7H2,1H3,(H2,14,15)/t11-/m1/s1. The molecule has 2 aliphatic rings. The van der Waals surface area contributed by atoms with Crippen LogP contribution in [0.25, 0.3) is 0 Å². The van der Waals surface area contributed by atoms with E-state index in [2.05, 4.69) is 4.99 Å². The van der Waals surface area contributed by atoms with Crippen LogP contribution < -0.4 is 5.73 Å². The van der Waals surface area contributed by atoms with E-state index in [1.165, 1.54) is 7.11 Å². The molecule has 0 amide bonds. The van der Waals surface area contributed by atoms with Crippen LogP contribution in [0.4, 0.5) is 5.69 Å².